The number of rotatable bonds is 4. The molecule has 2 aliphatic rings. The Balaban J connectivity index is 1.35. The Morgan fingerprint density at radius 3 is 2.74 bits per heavy atom. The SMILES string of the molecule is Cc1ccc(OCC2CN(C(=O)c3cc4c(cc3F)OCC(=O)C4)C2)cc1. The van der Waals surface area contributed by atoms with Crippen molar-refractivity contribution in [2.45, 2.75) is 13.3 Å². The summed E-state index contributed by atoms with van der Waals surface area (Å²) < 4.78 is 25.3. The molecule has 0 aromatic heterocycles. The third-order valence-corrected chi connectivity index (χ3v) is 4.91. The van der Waals surface area contributed by atoms with Crippen molar-refractivity contribution in [3.8, 4) is 11.5 Å². The summed E-state index contributed by atoms with van der Waals surface area (Å²) >= 11 is 0. The molecule has 0 atom stereocenters. The molecule has 1 fully saturated rings. The van der Waals surface area contributed by atoms with Crippen LogP contribution in [0.5, 0.6) is 11.5 Å². The van der Waals surface area contributed by atoms with E-state index in [0.29, 0.717) is 31.0 Å². The molecule has 6 heteroatoms. The minimum atomic E-state index is -0.618. The number of carbonyl (C=O) groups excluding carboxylic acids is 2. The van der Waals surface area contributed by atoms with E-state index in [-0.39, 0.29) is 36.2 Å². The van der Waals surface area contributed by atoms with Gasteiger partial charge in [-0.3, -0.25) is 9.59 Å². The third kappa shape index (κ3) is 3.65. The molecule has 0 saturated carbocycles. The Hall–Kier alpha value is -2.89. The van der Waals surface area contributed by atoms with Gasteiger partial charge < -0.3 is 14.4 Å². The summed E-state index contributed by atoms with van der Waals surface area (Å²) in [6, 6.07) is 10.5. The zero-order chi connectivity index (χ0) is 19.0. The lowest BCUT2D eigenvalue weighted by Gasteiger charge is -2.39. The van der Waals surface area contributed by atoms with E-state index in [1.165, 1.54) is 17.7 Å². The zero-order valence-electron chi connectivity index (χ0n) is 15.0. The predicted octanol–water partition coefficient (Wildman–Crippen LogP) is 2.79. The molecule has 0 N–H and O–H groups in total. The first kappa shape index (κ1) is 17.5. The number of halogens is 1. The number of amides is 1. The van der Waals surface area contributed by atoms with Crippen LogP contribution in [0.3, 0.4) is 0 Å². The first-order chi connectivity index (χ1) is 13.0. The second kappa shape index (κ2) is 7.02. The average Bonchev–Trinajstić information content (AvgIpc) is 2.61. The van der Waals surface area contributed by atoms with Gasteiger partial charge in [0.25, 0.3) is 5.91 Å². The maximum atomic E-state index is 14.3. The first-order valence-electron chi connectivity index (χ1n) is 8.95. The van der Waals surface area contributed by atoms with E-state index < -0.39 is 5.82 Å². The van der Waals surface area contributed by atoms with Crippen molar-refractivity contribution < 1.29 is 23.5 Å². The zero-order valence-corrected chi connectivity index (χ0v) is 15.0. The highest BCUT2D eigenvalue weighted by atomic mass is 19.1. The minimum Gasteiger partial charge on any atom is -0.493 e. The summed E-state index contributed by atoms with van der Waals surface area (Å²) in [5, 5.41) is 0. The van der Waals surface area contributed by atoms with Crippen molar-refractivity contribution in [3.05, 3.63) is 58.9 Å². The third-order valence-electron chi connectivity index (χ3n) is 4.91. The van der Waals surface area contributed by atoms with Gasteiger partial charge in [-0.2, -0.15) is 0 Å². The monoisotopic (exact) mass is 369 g/mol. The molecule has 0 bridgehead atoms. The van der Waals surface area contributed by atoms with Crippen LogP contribution in [0.4, 0.5) is 4.39 Å². The normalized spacial score (nSPS) is 16.4. The number of ether oxygens (including phenoxy) is 2. The summed E-state index contributed by atoms with van der Waals surface area (Å²) in [6.45, 7) is 3.53. The second-order valence-electron chi connectivity index (χ2n) is 7.14. The van der Waals surface area contributed by atoms with Crippen LogP contribution in [0, 0.1) is 18.7 Å². The van der Waals surface area contributed by atoms with Crippen LogP contribution >= 0.6 is 0 Å². The molecule has 27 heavy (non-hydrogen) atoms. The number of benzene rings is 2. The fraction of sp³-hybridized carbons (Fsp3) is 0.333. The molecule has 2 aliphatic heterocycles. The predicted molar refractivity (Wildman–Crippen MR) is 96.7 cm³/mol. The fourth-order valence-corrected chi connectivity index (χ4v) is 3.32. The first-order valence-corrected chi connectivity index (χ1v) is 8.95. The molecule has 2 heterocycles. The van der Waals surface area contributed by atoms with Crippen LogP contribution < -0.4 is 9.47 Å². The van der Waals surface area contributed by atoms with Crippen molar-refractivity contribution in [3.63, 3.8) is 0 Å². The Morgan fingerprint density at radius 1 is 1.26 bits per heavy atom. The van der Waals surface area contributed by atoms with Gasteiger partial charge in [0.2, 0.25) is 0 Å². The lowest BCUT2D eigenvalue weighted by atomic mass is 9.97. The lowest BCUT2D eigenvalue weighted by Crippen LogP contribution is -2.52. The molecule has 2 aromatic rings. The largest absolute Gasteiger partial charge is 0.493 e. The number of fused-ring (bicyclic) bond motifs is 1. The van der Waals surface area contributed by atoms with Crippen LogP contribution in [0.15, 0.2) is 36.4 Å². The van der Waals surface area contributed by atoms with Gasteiger partial charge in [-0.15, -0.1) is 0 Å². The Labute approximate surface area is 156 Å². The van der Waals surface area contributed by atoms with Crippen LogP contribution in [-0.4, -0.2) is 42.9 Å². The fourth-order valence-electron chi connectivity index (χ4n) is 3.32. The average molecular weight is 369 g/mol. The summed E-state index contributed by atoms with van der Waals surface area (Å²) in [5.41, 5.74) is 1.72. The lowest BCUT2D eigenvalue weighted by molar-refractivity contribution is -0.121. The van der Waals surface area contributed by atoms with Crippen molar-refractivity contribution in [2.75, 3.05) is 26.3 Å². The van der Waals surface area contributed by atoms with Crippen LogP contribution in [0.2, 0.25) is 0 Å². The van der Waals surface area contributed by atoms with Crippen molar-refractivity contribution in [1.29, 1.82) is 0 Å². The molecule has 140 valence electrons. The summed E-state index contributed by atoms with van der Waals surface area (Å²) in [6.07, 6.45) is 0.170. The van der Waals surface area contributed by atoms with Gasteiger partial charge in [0, 0.05) is 37.1 Å². The second-order valence-corrected chi connectivity index (χ2v) is 7.14. The van der Waals surface area contributed by atoms with Gasteiger partial charge in [0.1, 0.15) is 23.9 Å². The smallest absolute Gasteiger partial charge is 0.256 e. The quantitative estimate of drug-likeness (QED) is 0.832. The molecule has 1 amide bonds. The van der Waals surface area contributed by atoms with Crippen molar-refractivity contribution in [1.82, 2.24) is 4.90 Å². The van der Waals surface area contributed by atoms with Gasteiger partial charge in [-0.05, 0) is 25.1 Å². The highest BCUT2D eigenvalue weighted by Gasteiger charge is 2.33. The van der Waals surface area contributed by atoms with Gasteiger partial charge in [0.15, 0.2) is 5.78 Å². The highest BCUT2D eigenvalue weighted by Crippen LogP contribution is 2.29. The topological polar surface area (TPSA) is 55.8 Å². The number of carbonyl (C=O) groups is 2. The molecular weight excluding hydrogens is 349 g/mol. The number of hydrogen-bond donors (Lipinski definition) is 0. The summed E-state index contributed by atoms with van der Waals surface area (Å²) in [4.78, 5) is 25.7. The van der Waals surface area contributed by atoms with Gasteiger partial charge in [-0.1, -0.05) is 17.7 Å². The van der Waals surface area contributed by atoms with E-state index in [1.807, 2.05) is 31.2 Å². The standard InChI is InChI=1S/C21H20FNO4/c1-13-2-4-17(5-3-13)26-11-14-9-23(10-14)21(25)18-7-15-6-16(24)12-27-20(15)8-19(18)22/h2-5,7-8,14H,6,9-12H2,1H3. The van der Waals surface area contributed by atoms with E-state index in [9.17, 15) is 14.0 Å². The minimum absolute atomic E-state index is 0.00930. The number of likely N-dealkylation sites (tertiary alicyclic amines) is 1. The molecule has 1 saturated heterocycles. The number of Topliss-reactive ketones (excluding diaryl/α,β-unsaturated/α-hetero) is 1. The van der Waals surface area contributed by atoms with E-state index in [2.05, 4.69) is 0 Å². The number of nitrogens with zero attached hydrogens (tertiary/aromatic N) is 1. The number of ketones is 1. The molecule has 0 spiro atoms. The van der Waals surface area contributed by atoms with E-state index in [4.69, 9.17) is 9.47 Å². The molecule has 0 aliphatic carbocycles. The maximum absolute atomic E-state index is 14.3. The van der Waals surface area contributed by atoms with Gasteiger partial charge >= 0.3 is 0 Å². The van der Waals surface area contributed by atoms with Gasteiger partial charge in [0.05, 0.1) is 12.2 Å². The molecule has 2 aromatic carbocycles. The van der Waals surface area contributed by atoms with E-state index in [1.54, 1.807) is 4.90 Å². The van der Waals surface area contributed by atoms with Crippen LogP contribution in [-0.2, 0) is 11.2 Å². The van der Waals surface area contributed by atoms with Crippen molar-refractivity contribution >= 4 is 11.7 Å². The summed E-state index contributed by atoms with van der Waals surface area (Å²) in [5.74, 6) is 0.311. The number of aryl methyl sites for hydroxylation is 1. The van der Waals surface area contributed by atoms with Crippen LogP contribution in [0.1, 0.15) is 21.5 Å². The van der Waals surface area contributed by atoms with E-state index >= 15 is 0 Å². The van der Waals surface area contributed by atoms with Crippen molar-refractivity contribution in [2.24, 2.45) is 5.92 Å². The Morgan fingerprint density at radius 2 is 2.00 bits per heavy atom. The molecule has 5 nitrogen and oxygen atoms in total. The maximum Gasteiger partial charge on any atom is 0.256 e. The number of hydrogen-bond acceptors (Lipinski definition) is 4. The highest BCUT2D eigenvalue weighted by molar-refractivity contribution is 5.96. The van der Waals surface area contributed by atoms with Gasteiger partial charge in [-0.25, -0.2) is 4.39 Å². The Kier molecular flexibility index (Phi) is 4.56. The summed E-state index contributed by atoms with van der Waals surface area (Å²) in [7, 11) is 0. The van der Waals surface area contributed by atoms with E-state index in [0.717, 1.165) is 5.75 Å². The molecule has 4 rings (SSSR count). The Bertz CT molecular complexity index is 888. The molecule has 0 radical (unpaired) electrons. The van der Waals surface area contributed by atoms with Crippen LogP contribution in [0.25, 0.3) is 0 Å². The molecular formula is C21H20FNO4. The molecule has 0 unspecified atom stereocenters.